The van der Waals surface area contributed by atoms with Crippen LogP contribution in [0.2, 0.25) is 0 Å². The molecule has 0 bridgehead atoms. The first-order chi connectivity index (χ1) is 12.9. The van der Waals surface area contributed by atoms with Crippen molar-refractivity contribution in [3.8, 4) is 0 Å². The molecule has 0 atom stereocenters. The van der Waals surface area contributed by atoms with E-state index in [0.29, 0.717) is 30.2 Å². The molecule has 154 valence electrons. The fourth-order valence-electron chi connectivity index (χ4n) is 2.27. The summed E-state index contributed by atoms with van der Waals surface area (Å²) in [6.45, 7) is -0.609. The Balaban J connectivity index is 0.00000392. The summed E-state index contributed by atoms with van der Waals surface area (Å²) in [5, 5.41) is 6.12. The second kappa shape index (κ2) is 11.8. The molecule has 0 spiro atoms. The van der Waals surface area contributed by atoms with Crippen molar-refractivity contribution in [1.82, 2.24) is 10.6 Å². The van der Waals surface area contributed by atoms with Crippen LogP contribution in [0, 0.1) is 5.82 Å². The molecule has 2 rings (SSSR count). The summed E-state index contributed by atoms with van der Waals surface area (Å²) in [6, 6.07) is 13.5. The number of nitrogens with zero attached hydrogens (tertiary/aromatic N) is 1. The first-order valence-electron chi connectivity index (χ1n) is 8.27. The second-order valence-electron chi connectivity index (χ2n) is 5.80. The second-order valence-corrected chi connectivity index (χ2v) is 5.80. The van der Waals surface area contributed by atoms with E-state index in [0.717, 1.165) is 5.56 Å². The molecule has 0 aromatic heterocycles. The molecule has 0 saturated heterocycles. The third-order valence-electron chi connectivity index (χ3n) is 3.65. The Morgan fingerprint density at radius 2 is 1.57 bits per heavy atom. The van der Waals surface area contributed by atoms with E-state index in [2.05, 4.69) is 20.4 Å². The van der Waals surface area contributed by atoms with Crippen molar-refractivity contribution in [2.45, 2.75) is 25.9 Å². The highest BCUT2D eigenvalue weighted by Crippen LogP contribution is 2.15. The fourth-order valence-corrected chi connectivity index (χ4v) is 2.27. The molecule has 0 fully saturated rings. The van der Waals surface area contributed by atoms with E-state index in [4.69, 9.17) is 0 Å². The van der Waals surface area contributed by atoms with E-state index in [-0.39, 0.29) is 36.4 Å². The van der Waals surface area contributed by atoms with Gasteiger partial charge in [0.05, 0.1) is 6.61 Å². The molecule has 2 aromatic carbocycles. The summed E-state index contributed by atoms with van der Waals surface area (Å²) >= 11 is 0. The monoisotopic (exact) mass is 511 g/mol. The van der Waals surface area contributed by atoms with Gasteiger partial charge >= 0.3 is 6.18 Å². The van der Waals surface area contributed by atoms with Crippen LogP contribution in [0.1, 0.15) is 16.7 Å². The van der Waals surface area contributed by atoms with Crippen molar-refractivity contribution in [2.24, 2.45) is 4.99 Å². The molecule has 9 heteroatoms. The minimum atomic E-state index is -4.32. The normalized spacial score (nSPS) is 11.7. The highest BCUT2D eigenvalue weighted by atomic mass is 127. The maximum absolute atomic E-state index is 13.6. The van der Waals surface area contributed by atoms with Crippen molar-refractivity contribution in [3.05, 3.63) is 71.0 Å². The number of alkyl halides is 3. The summed E-state index contributed by atoms with van der Waals surface area (Å²) in [7, 11) is 1.61. The van der Waals surface area contributed by atoms with Crippen LogP contribution in [0.15, 0.2) is 53.5 Å². The molecule has 4 nitrogen and oxygen atoms in total. The van der Waals surface area contributed by atoms with Gasteiger partial charge in [-0.15, -0.1) is 24.0 Å². The van der Waals surface area contributed by atoms with Crippen LogP contribution in [0.3, 0.4) is 0 Å². The predicted molar refractivity (Wildman–Crippen MR) is 111 cm³/mol. The number of hydrogen-bond donors (Lipinski definition) is 2. The summed E-state index contributed by atoms with van der Waals surface area (Å²) in [5.74, 6) is 0.222. The van der Waals surface area contributed by atoms with Crippen molar-refractivity contribution < 1.29 is 22.3 Å². The molecular formula is C19H22F4IN3O. The minimum absolute atomic E-state index is 0. The minimum Gasteiger partial charge on any atom is -0.367 e. The van der Waals surface area contributed by atoms with Crippen LogP contribution in [-0.4, -0.2) is 25.8 Å². The van der Waals surface area contributed by atoms with Crippen molar-refractivity contribution in [1.29, 1.82) is 0 Å². The van der Waals surface area contributed by atoms with Gasteiger partial charge in [0, 0.05) is 25.7 Å². The maximum atomic E-state index is 13.6. The van der Waals surface area contributed by atoms with Gasteiger partial charge in [-0.2, -0.15) is 13.2 Å². The Kier molecular flexibility index (Phi) is 10.2. The highest BCUT2D eigenvalue weighted by molar-refractivity contribution is 14.0. The van der Waals surface area contributed by atoms with E-state index in [1.165, 1.54) is 6.07 Å². The highest BCUT2D eigenvalue weighted by Gasteiger charge is 2.27. The van der Waals surface area contributed by atoms with Gasteiger partial charge in [-0.05, 0) is 17.2 Å². The van der Waals surface area contributed by atoms with E-state index in [1.54, 1.807) is 49.5 Å². The summed E-state index contributed by atoms with van der Waals surface area (Å²) in [4.78, 5) is 4.07. The standard InChI is InChI=1S/C19H21F4N3O.HI/c1-24-18(26-11-16-4-2-3-5-17(16)20)25-10-14-6-8-15(9-7-14)12-27-13-19(21,22)23;/h2-9H,10-13H2,1H3,(H2,24,25,26);1H. The number of aliphatic imine (C=N–C) groups is 1. The molecule has 28 heavy (non-hydrogen) atoms. The van der Waals surface area contributed by atoms with Crippen LogP contribution in [0.4, 0.5) is 17.6 Å². The van der Waals surface area contributed by atoms with Crippen LogP contribution >= 0.6 is 24.0 Å². The fraction of sp³-hybridized carbons (Fsp3) is 0.316. The zero-order valence-corrected chi connectivity index (χ0v) is 17.6. The molecule has 0 aliphatic rings. The number of nitrogens with one attached hydrogen (secondary N) is 2. The molecular weight excluding hydrogens is 489 g/mol. The molecule has 0 aliphatic heterocycles. The average molecular weight is 511 g/mol. The number of ether oxygens (including phenoxy) is 1. The summed E-state index contributed by atoms with van der Waals surface area (Å²) < 4.78 is 54.4. The SMILES string of the molecule is CN=C(NCc1ccc(COCC(F)(F)F)cc1)NCc1ccccc1F.I. The van der Waals surface area contributed by atoms with Gasteiger partial charge in [-0.3, -0.25) is 4.99 Å². The lowest BCUT2D eigenvalue weighted by atomic mass is 10.1. The lowest BCUT2D eigenvalue weighted by molar-refractivity contribution is -0.176. The molecule has 2 N–H and O–H groups in total. The Morgan fingerprint density at radius 3 is 2.18 bits per heavy atom. The first kappa shape index (κ1) is 24.2. The van der Waals surface area contributed by atoms with Crippen molar-refractivity contribution in [3.63, 3.8) is 0 Å². The van der Waals surface area contributed by atoms with Gasteiger partial charge in [0.15, 0.2) is 5.96 Å². The number of hydrogen-bond acceptors (Lipinski definition) is 2. The smallest absolute Gasteiger partial charge is 0.367 e. The van der Waals surface area contributed by atoms with Crippen LogP contribution in [-0.2, 0) is 24.4 Å². The first-order valence-corrected chi connectivity index (χ1v) is 8.27. The largest absolute Gasteiger partial charge is 0.411 e. The zero-order valence-electron chi connectivity index (χ0n) is 15.2. The Labute approximate surface area is 178 Å². The molecule has 0 amide bonds. The molecule has 0 heterocycles. The van der Waals surface area contributed by atoms with Crippen LogP contribution in [0.5, 0.6) is 0 Å². The predicted octanol–water partition coefficient (Wildman–Crippen LogP) is 4.39. The quantitative estimate of drug-likeness (QED) is 0.251. The van der Waals surface area contributed by atoms with Gasteiger partial charge < -0.3 is 15.4 Å². The molecule has 2 aromatic rings. The third-order valence-corrected chi connectivity index (χ3v) is 3.65. The Morgan fingerprint density at radius 1 is 0.964 bits per heavy atom. The molecule has 0 unspecified atom stereocenters. The van der Waals surface area contributed by atoms with Gasteiger partial charge in [-0.25, -0.2) is 4.39 Å². The van der Waals surface area contributed by atoms with Gasteiger partial charge in [0.25, 0.3) is 0 Å². The van der Waals surface area contributed by atoms with Crippen molar-refractivity contribution >= 4 is 29.9 Å². The molecule has 0 saturated carbocycles. The molecule has 0 aliphatic carbocycles. The Hall–Kier alpha value is -1.88. The van der Waals surface area contributed by atoms with Crippen LogP contribution in [0.25, 0.3) is 0 Å². The van der Waals surface area contributed by atoms with Gasteiger partial charge in [0.1, 0.15) is 12.4 Å². The average Bonchev–Trinajstić information content (AvgIpc) is 2.63. The third kappa shape index (κ3) is 8.87. The lowest BCUT2D eigenvalue weighted by Crippen LogP contribution is -2.36. The van der Waals surface area contributed by atoms with E-state index in [9.17, 15) is 17.6 Å². The van der Waals surface area contributed by atoms with E-state index < -0.39 is 12.8 Å². The molecule has 0 radical (unpaired) electrons. The van der Waals surface area contributed by atoms with Crippen LogP contribution < -0.4 is 10.6 Å². The van der Waals surface area contributed by atoms with Crippen molar-refractivity contribution in [2.75, 3.05) is 13.7 Å². The Bertz CT molecular complexity index is 752. The maximum Gasteiger partial charge on any atom is 0.411 e. The van der Waals surface area contributed by atoms with E-state index in [1.807, 2.05) is 0 Å². The number of benzene rings is 2. The van der Waals surface area contributed by atoms with E-state index >= 15 is 0 Å². The summed E-state index contributed by atoms with van der Waals surface area (Å²) in [5.41, 5.74) is 2.11. The zero-order chi connectivity index (χ0) is 19.7. The topological polar surface area (TPSA) is 45.7 Å². The van der Waals surface area contributed by atoms with Gasteiger partial charge in [-0.1, -0.05) is 42.5 Å². The summed E-state index contributed by atoms with van der Waals surface area (Å²) in [6.07, 6.45) is -4.32. The number of halogens is 5. The number of guanidine groups is 1. The lowest BCUT2D eigenvalue weighted by Gasteiger charge is -2.13. The number of rotatable bonds is 7. The van der Waals surface area contributed by atoms with Gasteiger partial charge in [0.2, 0.25) is 0 Å².